The molecule has 0 aromatic carbocycles. The number of amides is 6. The molecule has 3 atom stereocenters. The average molecular weight is 545 g/mol. The molecule has 37 heavy (non-hydrogen) atoms. The maximum absolute atomic E-state index is 12.8. The normalized spacial score (nSPS) is 16.8. The van der Waals surface area contributed by atoms with Crippen LogP contribution in [-0.4, -0.2) is 108 Å². The van der Waals surface area contributed by atoms with Gasteiger partial charge in [0.25, 0.3) is 0 Å². The molecule has 1 aliphatic rings. The zero-order valence-electron chi connectivity index (χ0n) is 21.8. The minimum absolute atomic E-state index is 0.0210. The minimum atomic E-state index is -0.934. The van der Waals surface area contributed by atoms with Crippen molar-refractivity contribution in [2.24, 2.45) is 0 Å². The van der Waals surface area contributed by atoms with Crippen molar-refractivity contribution in [3.63, 3.8) is 0 Å². The highest BCUT2D eigenvalue weighted by Gasteiger charge is 2.39. The molecule has 0 bridgehead atoms. The van der Waals surface area contributed by atoms with Crippen molar-refractivity contribution in [2.75, 3.05) is 45.6 Å². The quantitative estimate of drug-likeness (QED) is 0.0827. The van der Waals surface area contributed by atoms with Gasteiger partial charge in [-0.15, -0.1) is 11.8 Å². The zero-order valence-corrected chi connectivity index (χ0v) is 22.6. The summed E-state index contributed by atoms with van der Waals surface area (Å²) in [7, 11) is 1.84. The van der Waals surface area contributed by atoms with Crippen molar-refractivity contribution in [3.05, 3.63) is 0 Å². The number of likely N-dealkylation sites (tertiary alicyclic amines) is 1. The molecule has 1 saturated heterocycles. The summed E-state index contributed by atoms with van der Waals surface area (Å²) in [5.41, 5.74) is 0. The number of thioether (sulfide) groups is 1. The van der Waals surface area contributed by atoms with E-state index < -0.39 is 46.9 Å². The van der Waals surface area contributed by atoms with Crippen LogP contribution in [0.1, 0.15) is 46.0 Å². The van der Waals surface area contributed by atoms with Crippen LogP contribution in [0.4, 0.5) is 0 Å². The third-order valence-corrected chi connectivity index (χ3v) is 6.80. The van der Waals surface area contributed by atoms with Crippen LogP contribution in [0.2, 0.25) is 0 Å². The summed E-state index contributed by atoms with van der Waals surface area (Å²) >= 11 is 1.07. The van der Waals surface area contributed by atoms with Crippen molar-refractivity contribution >= 4 is 47.2 Å². The summed E-state index contributed by atoms with van der Waals surface area (Å²) in [6, 6.07) is -1.63. The van der Waals surface area contributed by atoms with E-state index in [-0.39, 0.29) is 44.2 Å². The fourth-order valence-corrected chi connectivity index (χ4v) is 4.85. The fourth-order valence-electron chi connectivity index (χ4n) is 3.66. The van der Waals surface area contributed by atoms with Crippen molar-refractivity contribution in [1.82, 2.24) is 31.5 Å². The lowest BCUT2D eigenvalue weighted by molar-refractivity contribution is -0.139. The van der Waals surface area contributed by atoms with Crippen LogP contribution in [0.5, 0.6) is 0 Å². The Hall–Kier alpha value is -2.71. The number of aliphatic hydroxyl groups is 1. The van der Waals surface area contributed by atoms with E-state index in [1.165, 1.54) is 6.92 Å². The highest BCUT2D eigenvalue weighted by Crippen LogP contribution is 2.26. The molecule has 1 heterocycles. The largest absolute Gasteiger partial charge is 0.395 e. The first kappa shape index (κ1) is 32.3. The molecule has 1 rings (SSSR count). The van der Waals surface area contributed by atoms with Crippen molar-refractivity contribution < 1.29 is 33.9 Å². The van der Waals surface area contributed by atoms with Gasteiger partial charge in [-0.2, -0.15) is 0 Å². The molecule has 0 aromatic rings. The maximum Gasteiger partial charge on any atom is 0.243 e. The molecule has 0 saturated carbocycles. The SMILES string of the molecule is CCNC(=O)C(CCCCNC)NC(=O)CCN1C(=O)CC(SCC(NC(C)=O)C(=O)NCCO)C1=O. The number of carbonyl (C=O) groups excluding carboxylic acids is 6. The first-order chi connectivity index (χ1) is 17.6. The van der Waals surface area contributed by atoms with E-state index in [0.29, 0.717) is 13.0 Å². The molecule has 1 aliphatic heterocycles. The number of hydrogen-bond acceptors (Lipinski definition) is 9. The van der Waals surface area contributed by atoms with Crippen molar-refractivity contribution in [2.45, 2.75) is 63.3 Å². The molecule has 6 N–H and O–H groups in total. The second-order valence-electron chi connectivity index (χ2n) is 8.54. The van der Waals surface area contributed by atoms with Gasteiger partial charge >= 0.3 is 0 Å². The van der Waals surface area contributed by atoms with Crippen LogP contribution >= 0.6 is 11.8 Å². The van der Waals surface area contributed by atoms with Crippen molar-refractivity contribution in [1.29, 1.82) is 0 Å². The van der Waals surface area contributed by atoms with Gasteiger partial charge in [-0.25, -0.2) is 0 Å². The van der Waals surface area contributed by atoms with Gasteiger partial charge in [0.15, 0.2) is 0 Å². The number of likely N-dealkylation sites (N-methyl/N-ethyl adjacent to an activating group) is 1. The molecule has 0 spiro atoms. The predicted octanol–water partition coefficient (Wildman–Crippen LogP) is -2.14. The number of aliphatic hydroxyl groups excluding tert-OH is 1. The third kappa shape index (κ3) is 11.9. The molecule has 0 aliphatic carbocycles. The molecule has 1 fully saturated rings. The number of hydrogen-bond donors (Lipinski definition) is 6. The number of carbonyl (C=O) groups is 6. The van der Waals surface area contributed by atoms with Crippen molar-refractivity contribution in [3.8, 4) is 0 Å². The lowest BCUT2D eigenvalue weighted by Crippen LogP contribution is -2.48. The Bertz CT molecular complexity index is 812. The number of imide groups is 1. The van der Waals surface area contributed by atoms with Gasteiger partial charge in [-0.05, 0) is 39.8 Å². The molecule has 0 radical (unpaired) electrons. The number of nitrogens with one attached hydrogen (secondary N) is 5. The number of nitrogens with zero attached hydrogens (tertiary/aromatic N) is 1. The van der Waals surface area contributed by atoms with Crippen LogP contribution in [0.3, 0.4) is 0 Å². The van der Waals surface area contributed by atoms with Crippen LogP contribution in [0.25, 0.3) is 0 Å². The summed E-state index contributed by atoms with van der Waals surface area (Å²) in [5.74, 6) is -2.49. The number of unbranched alkanes of at least 4 members (excludes halogenated alkanes) is 1. The smallest absolute Gasteiger partial charge is 0.243 e. The lowest BCUT2D eigenvalue weighted by atomic mass is 10.1. The summed E-state index contributed by atoms with van der Waals surface area (Å²) in [5, 5.41) is 21.5. The van der Waals surface area contributed by atoms with Gasteiger partial charge < -0.3 is 31.7 Å². The standard InChI is InChI=1S/C23H40N6O7S/c1-4-25-21(34)16(7-5-6-9-24-3)28-19(32)8-11-29-20(33)13-18(23(29)36)37-14-17(27-15(2)31)22(35)26-10-12-30/h16-18,24,30H,4-14H2,1-3H3,(H,25,34)(H,26,35)(H,27,31)(H,28,32). The first-order valence-corrected chi connectivity index (χ1v) is 13.5. The Kier molecular flexibility index (Phi) is 15.5. The van der Waals surface area contributed by atoms with E-state index in [2.05, 4.69) is 26.6 Å². The van der Waals surface area contributed by atoms with Gasteiger partial charge in [0.1, 0.15) is 12.1 Å². The molecular weight excluding hydrogens is 504 g/mol. The minimum Gasteiger partial charge on any atom is -0.395 e. The Morgan fingerprint density at radius 1 is 1.05 bits per heavy atom. The third-order valence-electron chi connectivity index (χ3n) is 5.51. The summed E-state index contributed by atoms with van der Waals surface area (Å²) in [6.45, 7) is 3.92. The number of rotatable bonds is 18. The van der Waals surface area contributed by atoms with Gasteiger partial charge in [0.05, 0.1) is 11.9 Å². The Balaban J connectivity index is 2.63. The highest BCUT2D eigenvalue weighted by molar-refractivity contribution is 8.00. The van der Waals surface area contributed by atoms with E-state index in [0.717, 1.165) is 36.0 Å². The van der Waals surface area contributed by atoms with Crippen LogP contribution < -0.4 is 26.6 Å². The Labute approximate surface area is 221 Å². The molecule has 0 aromatic heterocycles. The summed E-state index contributed by atoms with van der Waals surface area (Å²) in [4.78, 5) is 74.7. The average Bonchev–Trinajstić information content (AvgIpc) is 3.12. The monoisotopic (exact) mass is 544 g/mol. The first-order valence-electron chi connectivity index (χ1n) is 12.5. The van der Waals surface area contributed by atoms with Gasteiger partial charge in [0, 0.05) is 45.2 Å². The predicted molar refractivity (Wildman–Crippen MR) is 138 cm³/mol. The van der Waals surface area contributed by atoms with Gasteiger partial charge in [-0.3, -0.25) is 33.7 Å². The Morgan fingerprint density at radius 2 is 1.76 bits per heavy atom. The van der Waals surface area contributed by atoms with E-state index in [1.807, 2.05) is 7.05 Å². The molecule has 14 heteroatoms. The molecule has 13 nitrogen and oxygen atoms in total. The van der Waals surface area contributed by atoms with E-state index in [4.69, 9.17) is 5.11 Å². The van der Waals surface area contributed by atoms with Crippen LogP contribution in [-0.2, 0) is 28.8 Å². The van der Waals surface area contributed by atoms with Gasteiger partial charge in [0.2, 0.25) is 35.4 Å². The summed E-state index contributed by atoms with van der Waals surface area (Å²) < 4.78 is 0. The zero-order chi connectivity index (χ0) is 27.8. The molecular formula is C23H40N6O7S. The van der Waals surface area contributed by atoms with E-state index in [9.17, 15) is 28.8 Å². The highest BCUT2D eigenvalue weighted by atomic mass is 32.2. The topological polar surface area (TPSA) is 186 Å². The van der Waals surface area contributed by atoms with Crippen LogP contribution in [0.15, 0.2) is 0 Å². The fraction of sp³-hybridized carbons (Fsp3) is 0.739. The molecule has 6 amide bonds. The second kappa shape index (κ2) is 17.7. The van der Waals surface area contributed by atoms with E-state index in [1.54, 1.807) is 6.92 Å². The van der Waals surface area contributed by atoms with E-state index >= 15 is 0 Å². The molecule has 210 valence electrons. The second-order valence-corrected chi connectivity index (χ2v) is 9.78. The van der Waals surface area contributed by atoms with Gasteiger partial charge in [-0.1, -0.05) is 0 Å². The maximum atomic E-state index is 12.8. The summed E-state index contributed by atoms with van der Waals surface area (Å²) in [6.07, 6.45) is 1.84. The Morgan fingerprint density at radius 3 is 2.38 bits per heavy atom. The van der Waals surface area contributed by atoms with Crippen LogP contribution in [0, 0.1) is 0 Å². The lowest BCUT2D eigenvalue weighted by Gasteiger charge is -2.20. The molecule has 3 unspecified atom stereocenters.